The summed E-state index contributed by atoms with van der Waals surface area (Å²) >= 11 is 11.9. The van der Waals surface area contributed by atoms with Crippen molar-refractivity contribution in [3.63, 3.8) is 0 Å². The Balaban J connectivity index is 1.76. The molecule has 9 heteroatoms. The summed E-state index contributed by atoms with van der Waals surface area (Å²) in [5, 5.41) is 19.0. The summed E-state index contributed by atoms with van der Waals surface area (Å²) in [6.45, 7) is 2.49. The second kappa shape index (κ2) is 9.65. The molecule has 0 fully saturated rings. The van der Waals surface area contributed by atoms with Crippen LogP contribution in [0.15, 0.2) is 42.6 Å². The number of aryl methyl sites for hydroxylation is 1. The molecule has 0 saturated carbocycles. The van der Waals surface area contributed by atoms with Crippen molar-refractivity contribution in [3.8, 4) is 5.75 Å². The lowest BCUT2D eigenvalue weighted by atomic mass is 10.1. The van der Waals surface area contributed by atoms with Gasteiger partial charge in [0, 0.05) is 25.5 Å². The van der Waals surface area contributed by atoms with Crippen molar-refractivity contribution in [2.45, 2.75) is 13.3 Å². The van der Waals surface area contributed by atoms with Crippen molar-refractivity contribution in [1.29, 1.82) is 0 Å². The van der Waals surface area contributed by atoms with Gasteiger partial charge in [0.25, 0.3) is 5.91 Å². The lowest BCUT2D eigenvalue weighted by molar-refractivity contribution is 0.0963. The van der Waals surface area contributed by atoms with Crippen LogP contribution in [0.2, 0.25) is 10.0 Å². The van der Waals surface area contributed by atoms with E-state index in [-0.39, 0.29) is 21.7 Å². The quantitative estimate of drug-likeness (QED) is 0.425. The van der Waals surface area contributed by atoms with Crippen LogP contribution in [0.5, 0.6) is 5.75 Å². The van der Waals surface area contributed by atoms with E-state index < -0.39 is 0 Å². The molecule has 1 aromatic heterocycles. The fraction of sp³-hybridized carbons (Fsp3) is 0.190. The highest BCUT2D eigenvalue weighted by Gasteiger charge is 2.14. The number of rotatable bonds is 7. The van der Waals surface area contributed by atoms with E-state index in [1.54, 1.807) is 19.2 Å². The molecule has 0 radical (unpaired) electrons. The molecule has 0 saturated heterocycles. The Morgan fingerprint density at radius 2 is 1.90 bits per heavy atom. The maximum absolute atomic E-state index is 12.2. The summed E-state index contributed by atoms with van der Waals surface area (Å²) < 4.78 is 0. The van der Waals surface area contributed by atoms with Crippen LogP contribution in [0.1, 0.15) is 21.5 Å². The number of phenolic OH excluding ortho intramolecular Hbond substituents is 1. The number of nitrogens with zero attached hydrogens (tertiary/aromatic N) is 2. The number of benzene rings is 2. The normalized spacial score (nSPS) is 10.5. The molecule has 7 nitrogen and oxygen atoms in total. The standard InChI is InChI=1S/C21H21Cl2N5O2/c1-12-4-3-5-14(8-12)27-19-15(20(30)24-2)11-26-21(28-19)25-7-6-13-9-16(22)18(29)17(23)10-13/h3-5,8-11,29H,6-7H2,1-2H3,(H,24,30)(H2,25,26,27,28). The van der Waals surface area contributed by atoms with Gasteiger partial charge in [-0.25, -0.2) is 4.98 Å². The summed E-state index contributed by atoms with van der Waals surface area (Å²) in [6.07, 6.45) is 2.06. The molecule has 0 spiro atoms. The molecule has 1 heterocycles. The Morgan fingerprint density at radius 1 is 1.17 bits per heavy atom. The Kier molecular flexibility index (Phi) is 6.97. The van der Waals surface area contributed by atoms with Gasteiger partial charge in [0.1, 0.15) is 11.4 Å². The van der Waals surface area contributed by atoms with Gasteiger partial charge in [-0.3, -0.25) is 4.79 Å². The van der Waals surface area contributed by atoms with E-state index in [2.05, 4.69) is 25.9 Å². The molecular weight excluding hydrogens is 425 g/mol. The molecule has 0 aliphatic carbocycles. The maximum Gasteiger partial charge on any atom is 0.256 e. The first-order chi connectivity index (χ1) is 14.4. The van der Waals surface area contributed by atoms with Crippen LogP contribution in [0.4, 0.5) is 17.5 Å². The number of hydrogen-bond donors (Lipinski definition) is 4. The summed E-state index contributed by atoms with van der Waals surface area (Å²) in [5.74, 6) is 0.349. The Morgan fingerprint density at radius 3 is 2.57 bits per heavy atom. The van der Waals surface area contributed by atoms with E-state index in [0.717, 1.165) is 16.8 Å². The molecule has 0 bridgehead atoms. The molecule has 3 aromatic rings. The van der Waals surface area contributed by atoms with Crippen LogP contribution >= 0.6 is 23.2 Å². The molecule has 4 N–H and O–H groups in total. The van der Waals surface area contributed by atoms with Gasteiger partial charge in [0.05, 0.1) is 10.0 Å². The molecule has 3 rings (SSSR count). The van der Waals surface area contributed by atoms with Crippen LogP contribution in [-0.4, -0.2) is 34.6 Å². The van der Waals surface area contributed by atoms with E-state index in [4.69, 9.17) is 23.2 Å². The van der Waals surface area contributed by atoms with E-state index in [1.807, 2.05) is 31.2 Å². The minimum Gasteiger partial charge on any atom is -0.505 e. The number of aromatic hydroxyl groups is 1. The highest BCUT2D eigenvalue weighted by molar-refractivity contribution is 6.37. The van der Waals surface area contributed by atoms with Gasteiger partial charge >= 0.3 is 0 Å². The summed E-state index contributed by atoms with van der Waals surface area (Å²) in [7, 11) is 1.55. The van der Waals surface area contributed by atoms with Gasteiger partial charge in [-0.2, -0.15) is 4.98 Å². The van der Waals surface area contributed by atoms with Crippen molar-refractivity contribution in [3.05, 3.63) is 69.3 Å². The number of anilines is 3. The Labute approximate surface area is 184 Å². The van der Waals surface area contributed by atoms with Gasteiger partial charge in [-0.1, -0.05) is 35.3 Å². The third-order valence-corrected chi connectivity index (χ3v) is 4.89. The fourth-order valence-electron chi connectivity index (χ4n) is 2.80. The van der Waals surface area contributed by atoms with Crippen LogP contribution < -0.4 is 16.0 Å². The average Bonchev–Trinajstić information content (AvgIpc) is 2.71. The molecule has 156 valence electrons. The first-order valence-electron chi connectivity index (χ1n) is 9.21. The molecule has 0 unspecified atom stereocenters. The molecule has 0 atom stereocenters. The van der Waals surface area contributed by atoms with Gasteiger partial charge < -0.3 is 21.1 Å². The van der Waals surface area contributed by atoms with Crippen LogP contribution in [-0.2, 0) is 6.42 Å². The van der Waals surface area contributed by atoms with E-state index in [0.29, 0.717) is 30.3 Å². The highest BCUT2D eigenvalue weighted by Crippen LogP contribution is 2.32. The number of halogens is 2. The number of carbonyl (C=O) groups is 1. The lowest BCUT2D eigenvalue weighted by Crippen LogP contribution is -2.21. The zero-order valence-electron chi connectivity index (χ0n) is 16.5. The second-order valence-corrected chi connectivity index (χ2v) is 7.43. The minimum atomic E-state index is -0.287. The molecular formula is C21H21Cl2N5O2. The topological polar surface area (TPSA) is 99.2 Å². The molecule has 2 aromatic carbocycles. The number of hydrogen-bond acceptors (Lipinski definition) is 6. The SMILES string of the molecule is CNC(=O)c1cnc(NCCc2cc(Cl)c(O)c(Cl)c2)nc1Nc1cccc(C)c1. The third kappa shape index (κ3) is 5.31. The van der Waals surface area contributed by atoms with Gasteiger partial charge in [0.15, 0.2) is 5.75 Å². The monoisotopic (exact) mass is 445 g/mol. The van der Waals surface area contributed by atoms with Gasteiger partial charge in [0.2, 0.25) is 5.95 Å². The Bertz CT molecular complexity index is 1050. The van der Waals surface area contributed by atoms with Gasteiger partial charge in [-0.05, 0) is 48.7 Å². The average molecular weight is 446 g/mol. The number of phenols is 1. The van der Waals surface area contributed by atoms with Crippen molar-refractivity contribution >= 4 is 46.6 Å². The smallest absolute Gasteiger partial charge is 0.256 e. The third-order valence-electron chi connectivity index (χ3n) is 4.31. The van der Waals surface area contributed by atoms with E-state index in [9.17, 15) is 9.90 Å². The van der Waals surface area contributed by atoms with Crippen LogP contribution in [0.3, 0.4) is 0 Å². The maximum atomic E-state index is 12.2. The fourth-order valence-corrected chi connectivity index (χ4v) is 3.34. The first kappa shape index (κ1) is 21.7. The molecule has 30 heavy (non-hydrogen) atoms. The number of amides is 1. The summed E-state index contributed by atoms with van der Waals surface area (Å²) in [5.41, 5.74) is 3.09. The molecule has 0 aliphatic heterocycles. The van der Waals surface area contributed by atoms with Crippen molar-refractivity contribution < 1.29 is 9.90 Å². The second-order valence-electron chi connectivity index (χ2n) is 6.61. The van der Waals surface area contributed by atoms with E-state index in [1.165, 1.54) is 6.20 Å². The molecule has 1 amide bonds. The predicted octanol–water partition coefficient (Wildman–Crippen LogP) is 4.56. The lowest BCUT2D eigenvalue weighted by Gasteiger charge is -2.13. The van der Waals surface area contributed by atoms with Crippen LogP contribution in [0.25, 0.3) is 0 Å². The number of carbonyl (C=O) groups excluding carboxylic acids is 1. The van der Waals surface area contributed by atoms with E-state index >= 15 is 0 Å². The minimum absolute atomic E-state index is 0.130. The molecule has 0 aliphatic rings. The predicted molar refractivity (Wildman–Crippen MR) is 120 cm³/mol. The summed E-state index contributed by atoms with van der Waals surface area (Å²) in [6, 6.07) is 11.1. The zero-order chi connectivity index (χ0) is 21.7. The van der Waals surface area contributed by atoms with Crippen molar-refractivity contribution in [1.82, 2.24) is 15.3 Å². The number of aromatic nitrogens is 2. The number of nitrogens with one attached hydrogen (secondary N) is 3. The largest absolute Gasteiger partial charge is 0.505 e. The van der Waals surface area contributed by atoms with Crippen molar-refractivity contribution in [2.75, 3.05) is 24.2 Å². The van der Waals surface area contributed by atoms with Gasteiger partial charge in [-0.15, -0.1) is 0 Å². The first-order valence-corrected chi connectivity index (χ1v) is 9.96. The van der Waals surface area contributed by atoms with Crippen LogP contribution in [0, 0.1) is 6.92 Å². The highest BCUT2D eigenvalue weighted by atomic mass is 35.5. The Hall–Kier alpha value is -3.03. The zero-order valence-corrected chi connectivity index (χ0v) is 18.0. The summed E-state index contributed by atoms with van der Waals surface area (Å²) in [4.78, 5) is 20.9. The van der Waals surface area contributed by atoms with Crippen molar-refractivity contribution in [2.24, 2.45) is 0 Å².